The van der Waals surface area contributed by atoms with Gasteiger partial charge in [0.2, 0.25) is 0 Å². The van der Waals surface area contributed by atoms with Gasteiger partial charge in [0.15, 0.2) is 0 Å². The molecule has 0 aliphatic carbocycles. The molecule has 2 aromatic carbocycles. The molecule has 1 heterocycles. The first-order valence-corrected chi connectivity index (χ1v) is 8.31. The lowest BCUT2D eigenvalue weighted by molar-refractivity contribution is -0.197. The minimum absolute atomic E-state index is 0.0874. The second-order valence-corrected chi connectivity index (χ2v) is 6.55. The van der Waals surface area contributed by atoms with E-state index in [1.54, 1.807) is 23.6 Å². The van der Waals surface area contributed by atoms with Crippen molar-refractivity contribution in [1.82, 2.24) is 10.6 Å². The topological polar surface area (TPSA) is 78.5 Å². The standard InChI is InChI=1S/C18H13ClF3N3O3/c1-10-3-2-4-11(9-10)14(26)23-17(18(20,21)22)15(27)25(16(28)24-17)13-7-5-12(19)6-8-13/h2-9H,1H3,(H,23,26)(H,24,28). The molecule has 6 nitrogen and oxygen atoms in total. The third-order valence-electron chi connectivity index (χ3n) is 4.11. The molecule has 3 rings (SSSR count). The van der Waals surface area contributed by atoms with E-state index >= 15 is 0 Å². The average molecular weight is 412 g/mol. The predicted octanol–water partition coefficient (Wildman–Crippen LogP) is 3.39. The van der Waals surface area contributed by atoms with Crippen molar-refractivity contribution < 1.29 is 27.6 Å². The molecule has 2 N–H and O–H groups in total. The minimum Gasteiger partial charge on any atom is -0.314 e. The zero-order chi connectivity index (χ0) is 20.7. The second kappa shape index (κ2) is 6.83. The Bertz CT molecular complexity index is 963. The van der Waals surface area contributed by atoms with Gasteiger partial charge < -0.3 is 5.32 Å². The maximum atomic E-state index is 13.9. The maximum Gasteiger partial charge on any atom is 0.440 e. The number of carbonyl (C=O) groups is 3. The first-order valence-electron chi connectivity index (χ1n) is 7.93. The monoisotopic (exact) mass is 411 g/mol. The molecule has 0 radical (unpaired) electrons. The van der Waals surface area contributed by atoms with Crippen LogP contribution in [0.2, 0.25) is 5.02 Å². The Morgan fingerprint density at radius 1 is 1.14 bits per heavy atom. The summed E-state index contributed by atoms with van der Waals surface area (Å²) in [5.41, 5.74) is -3.17. The number of halogens is 4. The summed E-state index contributed by atoms with van der Waals surface area (Å²) >= 11 is 5.73. The lowest BCUT2D eigenvalue weighted by Gasteiger charge is -2.29. The number of urea groups is 1. The van der Waals surface area contributed by atoms with E-state index in [9.17, 15) is 27.6 Å². The van der Waals surface area contributed by atoms with Crippen molar-refractivity contribution >= 4 is 35.1 Å². The van der Waals surface area contributed by atoms with E-state index < -0.39 is 29.7 Å². The summed E-state index contributed by atoms with van der Waals surface area (Å²) in [6, 6.07) is 9.54. The van der Waals surface area contributed by atoms with E-state index in [-0.39, 0.29) is 16.3 Å². The van der Waals surface area contributed by atoms with Crippen LogP contribution in [0, 0.1) is 6.92 Å². The van der Waals surface area contributed by atoms with Gasteiger partial charge in [0.1, 0.15) is 0 Å². The highest BCUT2D eigenvalue weighted by molar-refractivity contribution is 6.31. The van der Waals surface area contributed by atoms with Crippen LogP contribution in [0.4, 0.5) is 23.7 Å². The third-order valence-corrected chi connectivity index (χ3v) is 4.36. The molecule has 10 heteroatoms. The first-order chi connectivity index (χ1) is 13.0. The van der Waals surface area contributed by atoms with Gasteiger partial charge >= 0.3 is 12.2 Å². The van der Waals surface area contributed by atoms with E-state index in [2.05, 4.69) is 0 Å². The van der Waals surface area contributed by atoms with E-state index in [4.69, 9.17) is 11.6 Å². The number of imide groups is 1. The molecule has 0 bridgehead atoms. The van der Waals surface area contributed by atoms with Gasteiger partial charge in [0, 0.05) is 10.6 Å². The summed E-state index contributed by atoms with van der Waals surface area (Å²) in [7, 11) is 0. The van der Waals surface area contributed by atoms with Gasteiger partial charge in [-0.3, -0.25) is 14.9 Å². The highest BCUT2D eigenvalue weighted by atomic mass is 35.5. The molecule has 0 aromatic heterocycles. The molecular weight excluding hydrogens is 399 g/mol. The molecule has 0 saturated carbocycles. The van der Waals surface area contributed by atoms with Gasteiger partial charge in [0.25, 0.3) is 17.5 Å². The summed E-state index contributed by atoms with van der Waals surface area (Å²) in [6.45, 7) is 1.65. The number of rotatable bonds is 3. The van der Waals surface area contributed by atoms with Crippen molar-refractivity contribution in [2.45, 2.75) is 18.8 Å². The van der Waals surface area contributed by atoms with Crippen LogP contribution in [0.15, 0.2) is 48.5 Å². The number of carbonyl (C=O) groups excluding carboxylic acids is 3. The molecule has 2 aromatic rings. The Kier molecular flexibility index (Phi) is 4.80. The molecule has 1 atom stereocenters. The smallest absolute Gasteiger partial charge is 0.314 e. The Morgan fingerprint density at radius 2 is 1.79 bits per heavy atom. The minimum atomic E-state index is -5.29. The fraction of sp³-hybridized carbons (Fsp3) is 0.167. The van der Waals surface area contributed by atoms with Crippen molar-refractivity contribution in [3.8, 4) is 0 Å². The molecule has 1 aliphatic rings. The summed E-state index contributed by atoms with van der Waals surface area (Å²) in [4.78, 5) is 37.6. The van der Waals surface area contributed by atoms with Crippen LogP contribution in [0.1, 0.15) is 15.9 Å². The Balaban J connectivity index is 2.00. The number of nitrogens with one attached hydrogen (secondary N) is 2. The van der Waals surface area contributed by atoms with Crippen molar-refractivity contribution in [2.24, 2.45) is 0 Å². The Labute approximate surface area is 162 Å². The number of nitrogens with zero attached hydrogens (tertiary/aromatic N) is 1. The highest BCUT2D eigenvalue weighted by Gasteiger charge is 2.69. The Hall–Kier alpha value is -3.07. The van der Waals surface area contributed by atoms with Crippen molar-refractivity contribution in [1.29, 1.82) is 0 Å². The average Bonchev–Trinajstić information content (AvgIpc) is 2.87. The van der Waals surface area contributed by atoms with E-state index in [1.807, 2.05) is 0 Å². The number of hydrogen-bond donors (Lipinski definition) is 2. The normalized spacial score (nSPS) is 19.5. The van der Waals surface area contributed by atoms with Gasteiger partial charge in [-0.1, -0.05) is 29.3 Å². The summed E-state index contributed by atoms with van der Waals surface area (Å²) in [5, 5.41) is 3.51. The Morgan fingerprint density at radius 3 is 2.36 bits per heavy atom. The maximum absolute atomic E-state index is 13.9. The van der Waals surface area contributed by atoms with Crippen LogP contribution in [0.25, 0.3) is 0 Å². The van der Waals surface area contributed by atoms with E-state index in [1.165, 1.54) is 42.5 Å². The molecule has 4 amide bonds. The van der Waals surface area contributed by atoms with Gasteiger partial charge in [-0.15, -0.1) is 0 Å². The van der Waals surface area contributed by atoms with Gasteiger partial charge in [0.05, 0.1) is 5.69 Å². The number of aryl methyl sites for hydroxylation is 1. The van der Waals surface area contributed by atoms with Crippen LogP contribution >= 0.6 is 11.6 Å². The molecular formula is C18H13ClF3N3O3. The van der Waals surface area contributed by atoms with Crippen LogP contribution in [0.3, 0.4) is 0 Å². The van der Waals surface area contributed by atoms with Gasteiger partial charge in [-0.25, -0.2) is 9.69 Å². The number of alkyl halides is 3. The first kappa shape index (κ1) is 19.7. The van der Waals surface area contributed by atoms with Crippen LogP contribution < -0.4 is 15.5 Å². The zero-order valence-electron chi connectivity index (χ0n) is 14.3. The molecule has 146 valence electrons. The number of anilines is 1. The lowest BCUT2D eigenvalue weighted by Crippen LogP contribution is -2.69. The fourth-order valence-corrected chi connectivity index (χ4v) is 2.86. The van der Waals surface area contributed by atoms with Crippen molar-refractivity contribution in [3.05, 3.63) is 64.7 Å². The van der Waals surface area contributed by atoms with Crippen LogP contribution in [0.5, 0.6) is 0 Å². The molecule has 1 unspecified atom stereocenters. The molecule has 1 fully saturated rings. The van der Waals surface area contributed by atoms with Crippen LogP contribution in [-0.4, -0.2) is 29.7 Å². The zero-order valence-corrected chi connectivity index (χ0v) is 15.1. The summed E-state index contributed by atoms with van der Waals surface area (Å²) in [5.74, 6) is -2.83. The van der Waals surface area contributed by atoms with Crippen molar-refractivity contribution in [3.63, 3.8) is 0 Å². The largest absolute Gasteiger partial charge is 0.440 e. The number of benzene rings is 2. The summed E-state index contributed by atoms with van der Waals surface area (Å²) in [6.07, 6.45) is -5.29. The quantitative estimate of drug-likeness (QED) is 0.760. The lowest BCUT2D eigenvalue weighted by atomic mass is 10.1. The summed E-state index contributed by atoms with van der Waals surface area (Å²) < 4.78 is 41.6. The molecule has 1 saturated heterocycles. The predicted molar refractivity (Wildman–Crippen MR) is 94.9 cm³/mol. The molecule has 0 spiro atoms. The molecule has 28 heavy (non-hydrogen) atoms. The SMILES string of the molecule is Cc1cccc(C(=O)NC2(C(F)(F)F)NC(=O)N(c3ccc(Cl)cc3)C2=O)c1. The third kappa shape index (κ3) is 3.29. The van der Waals surface area contributed by atoms with Crippen LogP contribution in [-0.2, 0) is 4.79 Å². The van der Waals surface area contributed by atoms with E-state index in [0.717, 1.165) is 0 Å². The number of hydrogen-bond acceptors (Lipinski definition) is 3. The molecule has 1 aliphatic heterocycles. The second-order valence-electron chi connectivity index (χ2n) is 6.12. The fourth-order valence-electron chi connectivity index (χ4n) is 2.73. The van der Waals surface area contributed by atoms with Gasteiger partial charge in [-0.2, -0.15) is 13.2 Å². The van der Waals surface area contributed by atoms with Gasteiger partial charge in [-0.05, 0) is 43.3 Å². The highest BCUT2D eigenvalue weighted by Crippen LogP contribution is 2.36. The van der Waals surface area contributed by atoms with Crippen molar-refractivity contribution in [2.75, 3.05) is 4.90 Å². The number of amides is 4. The van der Waals surface area contributed by atoms with E-state index in [0.29, 0.717) is 10.5 Å².